The molecule has 1 saturated heterocycles. The van der Waals surface area contributed by atoms with E-state index in [-0.39, 0.29) is 34.2 Å². The number of piperidine rings is 1. The van der Waals surface area contributed by atoms with Crippen LogP contribution in [0.5, 0.6) is 0 Å². The van der Waals surface area contributed by atoms with Crippen molar-refractivity contribution in [3.05, 3.63) is 29.8 Å². The largest absolute Gasteiger partial charge is 0.353 e. The van der Waals surface area contributed by atoms with Crippen molar-refractivity contribution in [2.45, 2.75) is 110 Å². The lowest BCUT2D eigenvalue weighted by atomic mass is 9.47. The SMILES string of the molecule is CC(=O)N(O[C@H]1CCC2C3CC[C@H]4NC(=O)CC[C@]4(C)C3CC[C@@]21C)c1ccc(C(C)(C)C)cc1. The van der Waals surface area contributed by atoms with Crippen molar-refractivity contribution in [3.63, 3.8) is 0 Å². The van der Waals surface area contributed by atoms with E-state index < -0.39 is 0 Å². The van der Waals surface area contributed by atoms with E-state index in [1.807, 2.05) is 12.1 Å². The predicted octanol–water partition coefficient (Wildman–Crippen LogP) is 6.16. The van der Waals surface area contributed by atoms with E-state index in [9.17, 15) is 9.59 Å². The molecule has 4 aliphatic rings. The van der Waals surface area contributed by atoms with E-state index in [0.29, 0.717) is 30.2 Å². The maximum Gasteiger partial charge on any atom is 0.247 e. The number of benzene rings is 1. The van der Waals surface area contributed by atoms with Gasteiger partial charge in [-0.3, -0.25) is 14.4 Å². The Balaban J connectivity index is 1.34. The van der Waals surface area contributed by atoms with Crippen LogP contribution in [0.15, 0.2) is 24.3 Å². The van der Waals surface area contributed by atoms with Gasteiger partial charge in [-0.05, 0) is 96.6 Å². The average molecular weight is 481 g/mol. The first-order chi connectivity index (χ1) is 16.4. The van der Waals surface area contributed by atoms with Crippen molar-refractivity contribution in [2.24, 2.45) is 28.6 Å². The van der Waals surface area contributed by atoms with Gasteiger partial charge in [-0.25, -0.2) is 0 Å². The molecule has 2 amide bonds. The molecule has 3 unspecified atom stereocenters. The summed E-state index contributed by atoms with van der Waals surface area (Å²) in [6, 6.07) is 8.61. The minimum Gasteiger partial charge on any atom is -0.353 e. The van der Waals surface area contributed by atoms with Gasteiger partial charge in [-0.1, -0.05) is 46.8 Å². The maximum absolute atomic E-state index is 12.7. The molecule has 1 N–H and O–H groups in total. The molecule has 1 heterocycles. The van der Waals surface area contributed by atoms with Gasteiger partial charge in [0.1, 0.15) is 0 Å². The molecular formula is C30H44N2O3. The normalized spacial score (nSPS) is 38.7. The highest BCUT2D eigenvalue weighted by atomic mass is 16.7. The molecule has 5 heteroatoms. The minimum atomic E-state index is -0.0692. The summed E-state index contributed by atoms with van der Waals surface area (Å²) in [4.78, 5) is 31.4. The van der Waals surface area contributed by atoms with Crippen molar-refractivity contribution < 1.29 is 14.4 Å². The zero-order chi connectivity index (χ0) is 25.2. The van der Waals surface area contributed by atoms with Gasteiger partial charge in [0.2, 0.25) is 11.8 Å². The number of hydrogen-bond donors (Lipinski definition) is 1. The summed E-state index contributed by atoms with van der Waals surface area (Å²) in [7, 11) is 0. The number of nitrogens with zero attached hydrogens (tertiary/aromatic N) is 1. The Morgan fingerprint density at radius 2 is 1.66 bits per heavy atom. The topological polar surface area (TPSA) is 58.6 Å². The van der Waals surface area contributed by atoms with Gasteiger partial charge < -0.3 is 5.32 Å². The summed E-state index contributed by atoms with van der Waals surface area (Å²) < 4.78 is 0. The van der Waals surface area contributed by atoms with Gasteiger partial charge in [0.25, 0.3) is 0 Å². The molecular weight excluding hydrogens is 436 g/mol. The van der Waals surface area contributed by atoms with Gasteiger partial charge in [0, 0.05) is 19.4 Å². The number of fused-ring (bicyclic) bond motifs is 5. The second-order valence-corrected chi connectivity index (χ2v) is 13.4. The van der Waals surface area contributed by atoms with Gasteiger partial charge >= 0.3 is 0 Å². The summed E-state index contributed by atoms with van der Waals surface area (Å²) in [6.07, 6.45) is 8.55. The second-order valence-electron chi connectivity index (χ2n) is 13.4. The Kier molecular flexibility index (Phi) is 6.10. The van der Waals surface area contributed by atoms with Crippen molar-refractivity contribution in [2.75, 3.05) is 5.06 Å². The van der Waals surface area contributed by atoms with Crippen LogP contribution in [0.2, 0.25) is 0 Å². The van der Waals surface area contributed by atoms with Crippen LogP contribution in [0.25, 0.3) is 0 Å². The molecule has 1 aromatic carbocycles. The molecule has 7 atom stereocenters. The summed E-state index contributed by atoms with van der Waals surface area (Å²) in [5.74, 6) is 2.16. The molecule has 1 aliphatic heterocycles. The lowest BCUT2D eigenvalue weighted by Gasteiger charge is -2.60. The van der Waals surface area contributed by atoms with E-state index in [1.165, 1.54) is 24.8 Å². The molecule has 0 spiro atoms. The average Bonchev–Trinajstić information content (AvgIpc) is 3.13. The third kappa shape index (κ3) is 4.12. The fraction of sp³-hybridized carbons (Fsp3) is 0.733. The number of hydrogen-bond acceptors (Lipinski definition) is 3. The summed E-state index contributed by atoms with van der Waals surface area (Å²) in [5, 5.41) is 4.88. The first kappa shape index (κ1) is 24.8. The Hall–Kier alpha value is -1.88. The first-order valence-corrected chi connectivity index (χ1v) is 13.8. The Labute approximate surface area is 211 Å². The zero-order valence-electron chi connectivity index (χ0n) is 22.5. The highest BCUT2D eigenvalue weighted by Gasteiger charge is 2.61. The van der Waals surface area contributed by atoms with Crippen LogP contribution in [0.1, 0.15) is 98.5 Å². The number of carbonyl (C=O) groups excluding carboxylic acids is 2. The Morgan fingerprint density at radius 3 is 2.31 bits per heavy atom. The van der Waals surface area contributed by atoms with E-state index in [1.54, 1.807) is 12.0 Å². The smallest absolute Gasteiger partial charge is 0.247 e. The first-order valence-electron chi connectivity index (χ1n) is 13.8. The van der Waals surface area contributed by atoms with Gasteiger partial charge in [-0.2, -0.15) is 5.06 Å². The summed E-state index contributed by atoms with van der Waals surface area (Å²) >= 11 is 0. The molecule has 5 rings (SSSR count). The molecule has 3 aliphatic carbocycles. The van der Waals surface area contributed by atoms with Crippen LogP contribution >= 0.6 is 0 Å². The van der Waals surface area contributed by atoms with Gasteiger partial charge in [0.15, 0.2) is 0 Å². The number of rotatable bonds is 3. The lowest BCUT2D eigenvalue weighted by molar-refractivity contribution is -0.146. The number of amides is 2. The van der Waals surface area contributed by atoms with E-state index in [0.717, 1.165) is 31.4 Å². The highest BCUT2D eigenvalue weighted by Crippen LogP contribution is 2.64. The van der Waals surface area contributed by atoms with E-state index in [2.05, 4.69) is 52.1 Å². The highest BCUT2D eigenvalue weighted by molar-refractivity contribution is 5.89. The fourth-order valence-corrected chi connectivity index (χ4v) is 8.37. The molecule has 35 heavy (non-hydrogen) atoms. The van der Waals surface area contributed by atoms with Crippen molar-refractivity contribution in [1.82, 2.24) is 5.32 Å². The summed E-state index contributed by atoms with van der Waals surface area (Å²) in [5.41, 5.74) is 2.44. The molecule has 1 aromatic rings. The molecule has 0 bridgehead atoms. The number of anilines is 1. The van der Waals surface area contributed by atoms with E-state index >= 15 is 0 Å². The van der Waals surface area contributed by atoms with Crippen LogP contribution in [-0.4, -0.2) is 24.0 Å². The Bertz CT molecular complexity index is 982. The van der Waals surface area contributed by atoms with Gasteiger partial charge in [-0.15, -0.1) is 0 Å². The molecule has 0 aromatic heterocycles. The van der Waals surface area contributed by atoms with Crippen molar-refractivity contribution in [3.8, 4) is 0 Å². The Morgan fingerprint density at radius 1 is 0.971 bits per heavy atom. The monoisotopic (exact) mass is 480 g/mol. The standard InChI is InChI=1S/C30H44N2O3/c1-19(33)32(21-9-7-20(8-10-21)28(2,3)4)35-26-14-12-23-22-11-13-25-29(5,18-16-27(34)31-25)24(22)15-17-30(23,26)6/h7-10,22-26H,11-18H2,1-6H3,(H,31,34)/t22?,23?,24?,25-,26+,29-,30+/m1/s1. The molecule has 3 saturated carbocycles. The molecule has 4 fully saturated rings. The zero-order valence-corrected chi connectivity index (χ0v) is 22.5. The predicted molar refractivity (Wildman–Crippen MR) is 139 cm³/mol. The van der Waals surface area contributed by atoms with Crippen LogP contribution in [0.4, 0.5) is 5.69 Å². The molecule has 192 valence electrons. The van der Waals surface area contributed by atoms with Gasteiger partial charge in [0.05, 0.1) is 11.8 Å². The third-order valence-corrected chi connectivity index (χ3v) is 10.5. The lowest BCUT2D eigenvalue weighted by Crippen LogP contribution is -2.61. The van der Waals surface area contributed by atoms with Crippen LogP contribution in [0.3, 0.4) is 0 Å². The summed E-state index contributed by atoms with van der Waals surface area (Å²) in [6.45, 7) is 13.1. The molecule has 5 nitrogen and oxygen atoms in total. The third-order valence-electron chi connectivity index (χ3n) is 10.5. The quantitative estimate of drug-likeness (QED) is 0.527. The van der Waals surface area contributed by atoms with Crippen LogP contribution in [-0.2, 0) is 19.8 Å². The second kappa shape index (κ2) is 8.61. The van der Waals surface area contributed by atoms with Crippen LogP contribution in [0, 0.1) is 28.6 Å². The number of carbonyl (C=O) groups is 2. The molecule has 0 radical (unpaired) electrons. The number of nitrogens with one attached hydrogen (secondary N) is 1. The van der Waals surface area contributed by atoms with Crippen LogP contribution < -0.4 is 10.4 Å². The maximum atomic E-state index is 12.7. The van der Waals surface area contributed by atoms with Crippen molar-refractivity contribution >= 4 is 17.5 Å². The van der Waals surface area contributed by atoms with E-state index in [4.69, 9.17) is 4.84 Å². The number of hydroxylamine groups is 1. The van der Waals surface area contributed by atoms with Crippen molar-refractivity contribution in [1.29, 1.82) is 0 Å². The minimum absolute atomic E-state index is 0.0521. The fourth-order valence-electron chi connectivity index (χ4n) is 8.37.